The third-order valence-electron chi connectivity index (χ3n) is 1.02. The van der Waals surface area contributed by atoms with Gasteiger partial charge in [-0.15, -0.1) is 0 Å². The standard InChI is InChI=1S/C5H3N4/c1-2-9-5(3-6-1)7-4-8-9/h1,3-4H. The molecule has 2 heterocycles. The lowest BCUT2D eigenvalue weighted by atomic mass is 10.7. The number of rotatable bonds is 0. The van der Waals surface area contributed by atoms with Crippen molar-refractivity contribution >= 4 is 5.65 Å². The van der Waals surface area contributed by atoms with Crippen LogP contribution in [-0.4, -0.2) is 19.6 Å². The summed E-state index contributed by atoms with van der Waals surface area (Å²) in [7, 11) is 0. The van der Waals surface area contributed by atoms with Gasteiger partial charge in [0.1, 0.15) is 12.5 Å². The number of aromatic nitrogens is 4. The van der Waals surface area contributed by atoms with Crippen molar-refractivity contribution in [2.24, 2.45) is 0 Å². The number of hydrogen-bond acceptors (Lipinski definition) is 3. The Balaban J connectivity index is 2.95. The maximum absolute atomic E-state index is 3.88. The molecule has 1 radical (unpaired) electrons. The van der Waals surface area contributed by atoms with Crippen molar-refractivity contribution in [1.82, 2.24) is 19.6 Å². The molecule has 43 valence electrons. The van der Waals surface area contributed by atoms with Gasteiger partial charge in [-0.25, -0.2) is 9.50 Å². The van der Waals surface area contributed by atoms with Crippen molar-refractivity contribution in [1.29, 1.82) is 0 Å². The Kier molecular flexibility index (Phi) is 0.745. The summed E-state index contributed by atoms with van der Waals surface area (Å²) in [6, 6.07) is 0. The second-order valence-electron chi connectivity index (χ2n) is 1.57. The molecule has 0 bridgehead atoms. The van der Waals surface area contributed by atoms with E-state index in [4.69, 9.17) is 0 Å². The fourth-order valence-corrected chi connectivity index (χ4v) is 0.630. The van der Waals surface area contributed by atoms with Crippen LogP contribution in [0.4, 0.5) is 0 Å². The first-order valence-corrected chi connectivity index (χ1v) is 2.48. The maximum Gasteiger partial charge on any atom is 0.174 e. The number of nitrogens with zero attached hydrogens (tertiary/aromatic N) is 4. The molecule has 0 N–H and O–H groups in total. The number of hydrogen-bond donors (Lipinski definition) is 0. The minimum atomic E-state index is 0.720. The molecule has 0 saturated heterocycles. The molecule has 2 rings (SSSR count). The van der Waals surface area contributed by atoms with Gasteiger partial charge < -0.3 is 0 Å². The first-order valence-electron chi connectivity index (χ1n) is 2.48. The van der Waals surface area contributed by atoms with E-state index in [0.29, 0.717) is 0 Å². The molecule has 0 atom stereocenters. The average molecular weight is 119 g/mol. The normalized spacial score (nSPS) is 10.2. The van der Waals surface area contributed by atoms with Crippen molar-refractivity contribution in [2.75, 3.05) is 0 Å². The van der Waals surface area contributed by atoms with Crippen molar-refractivity contribution in [3.05, 3.63) is 24.9 Å². The van der Waals surface area contributed by atoms with Crippen LogP contribution in [0.15, 0.2) is 18.7 Å². The topological polar surface area (TPSA) is 43.1 Å². The summed E-state index contributed by atoms with van der Waals surface area (Å²) in [4.78, 5) is 7.68. The zero-order chi connectivity index (χ0) is 6.10. The highest BCUT2D eigenvalue weighted by Gasteiger charge is 1.88. The molecule has 0 unspecified atom stereocenters. The van der Waals surface area contributed by atoms with Crippen LogP contribution in [0.3, 0.4) is 0 Å². The highest BCUT2D eigenvalue weighted by molar-refractivity contribution is 5.30. The minimum Gasteiger partial charge on any atom is -0.258 e. The van der Waals surface area contributed by atoms with E-state index in [2.05, 4.69) is 21.3 Å². The predicted molar refractivity (Wildman–Crippen MR) is 29.6 cm³/mol. The molecular formula is C5H3N4. The summed E-state index contributed by atoms with van der Waals surface area (Å²) in [5.41, 5.74) is 0.720. The molecule has 4 heteroatoms. The van der Waals surface area contributed by atoms with Gasteiger partial charge in [-0.1, -0.05) is 0 Å². The van der Waals surface area contributed by atoms with E-state index in [9.17, 15) is 0 Å². The van der Waals surface area contributed by atoms with E-state index in [1.54, 1.807) is 12.4 Å². The summed E-state index contributed by atoms with van der Waals surface area (Å²) in [5.74, 6) is 0. The summed E-state index contributed by atoms with van der Waals surface area (Å²) < 4.78 is 1.53. The molecule has 2 aromatic rings. The van der Waals surface area contributed by atoms with Crippen molar-refractivity contribution < 1.29 is 0 Å². The maximum atomic E-state index is 3.88. The Hall–Kier alpha value is -1.45. The molecule has 0 aliphatic carbocycles. The lowest BCUT2D eigenvalue weighted by Gasteiger charge is -1.82. The molecular weight excluding hydrogens is 116 g/mol. The Bertz CT molecular complexity index is 283. The van der Waals surface area contributed by atoms with Gasteiger partial charge in [-0.05, 0) is 0 Å². The van der Waals surface area contributed by atoms with Gasteiger partial charge in [0.2, 0.25) is 0 Å². The van der Waals surface area contributed by atoms with Crippen LogP contribution >= 0.6 is 0 Å². The molecule has 0 aromatic carbocycles. The summed E-state index contributed by atoms with van der Waals surface area (Å²) in [6.07, 6.45) is 7.40. The van der Waals surface area contributed by atoms with Crippen LogP contribution in [0.5, 0.6) is 0 Å². The second-order valence-corrected chi connectivity index (χ2v) is 1.57. The molecule has 0 spiro atoms. The summed E-state index contributed by atoms with van der Waals surface area (Å²) in [6.45, 7) is 0. The molecule has 0 aliphatic heterocycles. The third kappa shape index (κ3) is 0.561. The van der Waals surface area contributed by atoms with Gasteiger partial charge in [0.15, 0.2) is 5.65 Å². The summed E-state index contributed by atoms with van der Waals surface area (Å²) >= 11 is 0. The Labute approximate surface area is 51.2 Å². The largest absolute Gasteiger partial charge is 0.258 e. The van der Waals surface area contributed by atoms with Crippen LogP contribution in [-0.2, 0) is 0 Å². The van der Waals surface area contributed by atoms with Gasteiger partial charge in [0.05, 0.1) is 12.4 Å². The van der Waals surface area contributed by atoms with Crippen LogP contribution in [0.25, 0.3) is 5.65 Å². The van der Waals surface area contributed by atoms with E-state index in [1.165, 1.54) is 10.8 Å². The molecule has 0 saturated carbocycles. The second kappa shape index (κ2) is 1.51. The fourth-order valence-electron chi connectivity index (χ4n) is 0.630. The SMILES string of the molecule is [c]1cncc2ncnn12. The lowest BCUT2D eigenvalue weighted by molar-refractivity contribution is 0.937. The number of fused-ring (bicyclic) bond motifs is 1. The zero-order valence-electron chi connectivity index (χ0n) is 4.52. The molecule has 2 aromatic heterocycles. The quantitative estimate of drug-likeness (QED) is 0.487. The molecule has 0 amide bonds. The van der Waals surface area contributed by atoms with E-state index >= 15 is 0 Å². The third-order valence-corrected chi connectivity index (χ3v) is 1.02. The van der Waals surface area contributed by atoms with Gasteiger partial charge in [0.25, 0.3) is 0 Å². The average Bonchev–Trinajstić information content (AvgIpc) is 2.33. The van der Waals surface area contributed by atoms with Crippen molar-refractivity contribution in [2.45, 2.75) is 0 Å². The molecule has 0 aliphatic rings. The highest BCUT2D eigenvalue weighted by atomic mass is 15.3. The molecule has 0 fully saturated rings. The fraction of sp³-hybridized carbons (Fsp3) is 0. The van der Waals surface area contributed by atoms with Crippen LogP contribution in [0.2, 0.25) is 0 Å². The van der Waals surface area contributed by atoms with E-state index < -0.39 is 0 Å². The minimum absolute atomic E-state index is 0.720. The van der Waals surface area contributed by atoms with Crippen LogP contribution < -0.4 is 0 Å². The predicted octanol–water partition coefficient (Wildman–Crippen LogP) is -0.0755. The first kappa shape index (κ1) is 4.43. The van der Waals surface area contributed by atoms with E-state index in [-0.39, 0.29) is 0 Å². The Morgan fingerprint density at radius 1 is 1.56 bits per heavy atom. The van der Waals surface area contributed by atoms with Gasteiger partial charge in [-0.3, -0.25) is 4.98 Å². The van der Waals surface area contributed by atoms with Gasteiger partial charge >= 0.3 is 0 Å². The summed E-state index contributed by atoms with van der Waals surface area (Å²) in [5, 5.41) is 3.83. The Morgan fingerprint density at radius 2 is 2.56 bits per heavy atom. The van der Waals surface area contributed by atoms with Crippen molar-refractivity contribution in [3.63, 3.8) is 0 Å². The van der Waals surface area contributed by atoms with E-state index in [1.807, 2.05) is 0 Å². The van der Waals surface area contributed by atoms with Crippen molar-refractivity contribution in [3.8, 4) is 0 Å². The van der Waals surface area contributed by atoms with Crippen LogP contribution in [0.1, 0.15) is 0 Å². The van der Waals surface area contributed by atoms with Crippen LogP contribution in [0, 0.1) is 6.20 Å². The monoisotopic (exact) mass is 119 g/mol. The molecule has 9 heavy (non-hydrogen) atoms. The zero-order valence-corrected chi connectivity index (χ0v) is 4.52. The van der Waals surface area contributed by atoms with E-state index in [0.717, 1.165) is 5.65 Å². The molecule has 4 nitrogen and oxygen atoms in total. The smallest absolute Gasteiger partial charge is 0.174 e. The van der Waals surface area contributed by atoms with Gasteiger partial charge in [0, 0.05) is 0 Å². The Morgan fingerprint density at radius 3 is 3.44 bits per heavy atom. The van der Waals surface area contributed by atoms with Gasteiger partial charge in [-0.2, -0.15) is 5.10 Å². The highest BCUT2D eigenvalue weighted by Crippen LogP contribution is 1.89. The lowest BCUT2D eigenvalue weighted by Crippen LogP contribution is -1.85. The first-order chi connectivity index (χ1) is 4.47.